The smallest absolute Gasteiger partial charge is 0.307 e. The third kappa shape index (κ3) is 4.47. The molecule has 4 heteroatoms. The number of esters is 1. The largest absolute Gasteiger partial charge is 0.469 e. The predicted octanol–water partition coefficient (Wildman–Crippen LogP) is 3.18. The Morgan fingerprint density at radius 2 is 2.05 bits per heavy atom. The summed E-state index contributed by atoms with van der Waals surface area (Å²) in [6.07, 6.45) is 1.32. The normalized spacial score (nSPS) is 12.1. The molecule has 0 aliphatic carbocycles. The molecular weight excluding hydrogens is 270 g/mol. The van der Waals surface area contributed by atoms with Crippen molar-refractivity contribution in [2.45, 2.75) is 18.9 Å². The van der Waals surface area contributed by atoms with Gasteiger partial charge in [0.15, 0.2) is 0 Å². The van der Waals surface area contributed by atoms with Gasteiger partial charge in [0.25, 0.3) is 0 Å². The van der Waals surface area contributed by atoms with Gasteiger partial charge in [0, 0.05) is 4.88 Å². The molecule has 1 heterocycles. The van der Waals surface area contributed by atoms with E-state index in [0.29, 0.717) is 6.42 Å². The summed E-state index contributed by atoms with van der Waals surface area (Å²) in [5, 5.41) is 5.47. The SMILES string of the molecule is COC(=O)CC(NCCc1ccccc1)c1cccs1. The molecule has 106 valence electrons. The molecule has 2 rings (SSSR count). The maximum Gasteiger partial charge on any atom is 0.307 e. The predicted molar refractivity (Wildman–Crippen MR) is 81.8 cm³/mol. The highest BCUT2D eigenvalue weighted by molar-refractivity contribution is 7.10. The number of methoxy groups -OCH3 is 1. The minimum absolute atomic E-state index is 0.0335. The van der Waals surface area contributed by atoms with Crippen LogP contribution in [0.3, 0.4) is 0 Å². The highest BCUT2D eigenvalue weighted by Gasteiger charge is 2.16. The fraction of sp³-hybridized carbons (Fsp3) is 0.312. The Bertz CT molecular complexity index is 511. The Morgan fingerprint density at radius 1 is 1.25 bits per heavy atom. The maximum atomic E-state index is 11.5. The van der Waals surface area contributed by atoms with Crippen LogP contribution >= 0.6 is 11.3 Å². The lowest BCUT2D eigenvalue weighted by atomic mass is 10.1. The van der Waals surface area contributed by atoms with Crippen molar-refractivity contribution < 1.29 is 9.53 Å². The average Bonchev–Trinajstić information content (AvgIpc) is 3.01. The summed E-state index contributed by atoms with van der Waals surface area (Å²) < 4.78 is 4.77. The number of rotatable bonds is 7. The molecule has 1 aromatic carbocycles. The van der Waals surface area contributed by atoms with E-state index >= 15 is 0 Å². The quantitative estimate of drug-likeness (QED) is 0.796. The second-order valence-electron chi connectivity index (χ2n) is 4.54. The summed E-state index contributed by atoms with van der Waals surface area (Å²) in [4.78, 5) is 12.7. The Kier molecular flexibility index (Phi) is 5.77. The molecule has 1 unspecified atom stereocenters. The fourth-order valence-corrected chi connectivity index (χ4v) is 2.85. The highest BCUT2D eigenvalue weighted by Crippen LogP contribution is 2.22. The van der Waals surface area contributed by atoms with Crippen LogP contribution in [0.4, 0.5) is 0 Å². The Morgan fingerprint density at radius 3 is 2.70 bits per heavy atom. The summed E-state index contributed by atoms with van der Waals surface area (Å²) in [6.45, 7) is 0.837. The second-order valence-corrected chi connectivity index (χ2v) is 5.52. The van der Waals surface area contributed by atoms with Crippen molar-refractivity contribution in [1.82, 2.24) is 5.32 Å². The van der Waals surface area contributed by atoms with Gasteiger partial charge in [-0.15, -0.1) is 11.3 Å². The lowest BCUT2D eigenvalue weighted by Gasteiger charge is -2.16. The van der Waals surface area contributed by atoms with Crippen molar-refractivity contribution in [2.75, 3.05) is 13.7 Å². The van der Waals surface area contributed by atoms with E-state index in [9.17, 15) is 4.79 Å². The van der Waals surface area contributed by atoms with Gasteiger partial charge in [-0.25, -0.2) is 0 Å². The first kappa shape index (κ1) is 14.8. The van der Waals surface area contributed by atoms with Crippen LogP contribution in [-0.4, -0.2) is 19.6 Å². The molecule has 1 aromatic heterocycles. The van der Waals surface area contributed by atoms with E-state index in [4.69, 9.17) is 4.74 Å². The number of hydrogen-bond donors (Lipinski definition) is 1. The van der Waals surface area contributed by atoms with E-state index in [2.05, 4.69) is 17.4 Å². The van der Waals surface area contributed by atoms with Crippen LogP contribution in [0.1, 0.15) is 22.9 Å². The summed E-state index contributed by atoms with van der Waals surface area (Å²) in [5.41, 5.74) is 1.29. The van der Waals surface area contributed by atoms with E-state index in [0.717, 1.165) is 13.0 Å². The minimum Gasteiger partial charge on any atom is -0.469 e. The molecule has 0 aliphatic heterocycles. The first-order valence-corrected chi connectivity index (χ1v) is 7.55. The zero-order valence-corrected chi connectivity index (χ0v) is 12.4. The molecule has 0 bridgehead atoms. The number of ether oxygens (including phenoxy) is 1. The van der Waals surface area contributed by atoms with Gasteiger partial charge in [-0.3, -0.25) is 4.79 Å². The monoisotopic (exact) mass is 289 g/mol. The van der Waals surface area contributed by atoms with E-state index in [1.54, 1.807) is 11.3 Å². The molecule has 0 aliphatic rings. The van der Waals surface area contributed by atoms with Gasteiger partial charge in [0.05, 0.1) is 19.6 Å². The molecular formula is C16H19NO2S. The Hall–Kier alpha value is -1.65. The summed E-state index contributed by atoms with van der Waals surface area (Å²) in [7, 11) is 1.43. The summed E-state index contributed by atoms with van der Waals surface area (Å²) in [5.74, 6) is -0.185. The Labute approximate surface area is 123 Å². The molecule has 0 fully saturated rings. The van der Waals surface area contributed by atoms with E-state index in [1.807, 2.05) is 35.7 Å². The van der Waals surface area contributed by atoms with Crippen LogP contribution in [0.5, 0.6) is 0 Å². The summed E-state index contributed by atoms with van der Waals surface area (Å²) >= 11 is 1.66. The standard InChI is InChI=1S/C16H19NO2S/c1-19-16(18)12-14(15-8-5-11-20-15)17-10-9-13-6-3-2-4-7-13/h2-8,11,14,17H,9-10,12H2,1H3. The molecule has 0 spiro atoms. The lowest BCUT2D eigenvalue weighted by Crippen LogP contribution is -2.25. The van der Waals surface area contributed by atoms with Crippen molar-refractivity contribution in [3.05, 3.63) is 58.3 Å². The first-order chi connectivity index (χ1) is 9.79. The number of nitrogens with one attached hydrogen (secondary N) is 1. The average molecular weight is 289 g/mol. The third-order valence-electron chi connectivity index (χ3n) is 3.13. The maximum absolute atomic E-state index is 11.5. The number of carbonyl (C=O) groups is 1. The van der Waals surface area contributed by atoms with Crippen LogP contribution in [0.2, 0.25) is 0 Å². The third-order valence-corrected chi connectivity index (χ3v) is 4.12. The van der Waals surface area contributed by atoms with Crippen LogP contribution in [0.15, 0.2) is 47.8 Å². The molecule has 0 saturated carbocycles. The molecule has 0 amide bonds. The number of benzene rings is 1. The van der Waals surface area contributed by atoms with Gasteiger partial charge in [-0.05, 0) is 30.0 Å². The minimum atomic E-state index is -0.185. The lowest BCUT2D eigenvalue weighted by molar-refractivity contribution is -0.141. The molecule has 1 N–H and O–H groups in total. The number of carbonyl (C=O) groups excluding carboxylic acids is 1. The molecule has 2 aromatic rings. The zero-order chi connectivity index (χ0) is 14.2. The Balaban J connectivity index is 1.89. The van der Waals surface area contributed by atoms with Crippen LogP contribution < -0.4 is 5.32 Å². The van der Waals surface area contributed by atoms with Gasteiger partial charge < -0.3 is 10.1 Å². The molecule has 0 radical (unpaired) electrons. The van der Waals surface area contributed by atoms with Crippen molar-refractivity contribution in [2.24, 2.45) is 0 Å². The molecule has 3 nitrogen and oxygen atoms in total. The highest BCUT2D eigenvalue weighted by atomic mass is 32.1. The molecule has 1 atom stereocenters. The molecule has 0 saturated heterocycles. The van der Waals surface area contributed by atoms with Crippen molar-refractivity contribution in [1.29, 1.82) is 0 Å². The van der Waals surface area contributed by atoms with E-state index < -0.39 is 0 Å². The zero-order valence-electron chi connectivity index (χ0n) is 11.5. The first-order valence-electron chi connectivity index (χ1n) is 6.67. The van der Waals surface area contributed by atoms with E-state index in [-0.39, 0.29) is 12.0 Å². The van der Waals surface area contributed by atoms with Crippen LogP contribution in [0, 0.1) is 0 Å². The van der Waals surface area contributed by atoms with Gasteiger partial charge in [0.1, 0.15) is 0 Å². The van der Waals surface area contributed by atoms with Crippen molar-refractivity contribution in [3.63, 3.8) is 0 Å². The topological polar surface area (TPSA) is 38.3 Å². The van der Waals surface area contributed by atoms with Gasteiger partial charge in [-0.1, -0.05) is 36.4 Å². The number of hydrogen-bond acceptors (Lipinski definition) is 4. The van der Waals surface area contributed by atoms with Crippen molar-refractivity contribution in [3.8, 4) is 0 Å². The van der Waals surface area contributed by atoms with Crippen LogP contribution in [-0.2, 0) is 16.0 Å². The van der Waals surface area contributed by atoms with Crippen LogP contribution in [0.25, 0.3) is 0 Å². The summed E-state index contributed by atoms with van der Waals surface area (Å²) in [6, 6.07) is 14.4. The van der Waals surface area contributed by atoms with Gasteiger partial charge in [0.2, 0.25) is 0 Å². The molecule has 20 heavy (non-hydrogen) atoms. The van der Waals surface area contributed by atoms with Crippen molar-refractivity contribution >= 4 is 17.3 Å². The fourth-order valence-electron chi connectivity index (χ4n) is 2.05. The van der Waals surface area contributed by atoms with Gasteiger partial charge in [-0.2, -0.15) is 0 Å². The van der Waals surface area contributed by atoms with Gasteiger partial charge >= 0.3 is 5.97 Å². The number of thiophene rings is 1. The second kappa shape index (κ2) is 7.82. The van der Waals surface area contributed by atoms with E-state index in [1.165, 1.54) is 17.6 Å².